The summed E-state index contributed by atoms with van der Waals surface area (Å²) in [5, 5.41) is 9.57. The molecule has 0 aliphatic carbocycles. The quantitative estimate of drug-likeness (QED) is 0.681. The summed E-state index contributed by atoms with van der Waals surface area (Å²) < 4.78 is 4.85. The number of fused-ring (bicyclic) bond motifs is 1. The minimum absolute atomic E-state index is 0.126. The molecule has 2 rings (SSSR count). The molecule has 1 aromatic rings. The van der Waals surface area contributed by atoms with Gasteiger partial charge in [0.25, 0.3) is 0 Å². The molecule has 0 saturated heterocycles. The second-order valence-electron chi connectivity index (χ2n) is 4.54. The van der Waals surface area contributed by atoms with Crippen molar-refractivity contribution in [1.82, 2.24) is 4.90 Å². The van der Waals surface area contributed by atoms with E-state index in [4.69, 9.17) is 29.2 Å². The van der Waals surface area contributed by atoms with Crippen molar-refractivity contribution in [2.75, 3.05) is 7.11 Å². The summed E-state index contributed by atoms with van der Waals surface area (Å²) in [5.74, 6) is -0.227. The Kier molecular flexibility index (Phi) is 4.35. The lowest BCUT2D eigenvalue weighted by Gasteiger charge is -2.27. The van der Waals surface area contributed by atoms with Crippen LogP contribution in [0.5, 0.6) is 5.75 Å². The smallest absolute Gasteiger partial charge is 0.328 e. The number of hydrogen-bond acceptors (Lipinski definition) is 5. The summed E-state index contributed by atoms with van der Waals surface area (Å²) >= 11 is 10.8. The Balaban J connectivity index is 2.42. The lowest BCUT2D eigenvalue weighted by molar-refractivity contribution is -0.144. The van der Waals surface area contributed by atoms with E-state index in [9.17, 15) is 9.90 Å². The number of benzene rings is 1. The van der Waals surface area contributed by atoms with Gasteiger partial charge in [-0.2, -0.15) is 0 Å². The van der Waals surface area contributed by atoms with Gasteiger partial charge in [0.1, 0.15) is 21.8 Å². The fraction of sp³-hybridized carbons (Fsp3) is 0.357. The molecule has 1 heterocycles. The maximum atomic E-state index is 12.0. The van der Waals surface area contributed by atoms with E-state index >= 15 is 0 Å². The molecule has 0 saturated carbocycles. The highest BCUT2D eigenvalue weighted by Crippen LogP contribution is 2.30. The van der Waals surface area contributed by atoms with Gasteiger partial charge in [0.2, 0.25) is 0 Å². The predicted molar refractivity (Wildman–Crippen MR) is 84.1 cm³/mol. The molecule has 1 atom stereocenters. The number of thiocarbonyl (C=S) groups is 2. The molecule has 0 aromatic heterocycles. The molecule has 6 heteroatoms. The van der Waals surface area contributed by atoms with Gasteiger partial charge in [-0.25, -0.2) is 4.79 Å². The monoisotopic (exact) mass is 309 g/mol. The van der Waals surface area contributed by atoms with Crippen LogP contribution in [0.15, 0.2) is 18.2 Å². The van der Waals surface area contributed by atoms with Crippen LogP contribution in [0, 0.1) is 0 Å². The first-order valence-electron chi connectivity index (χ1n) is 6.30. The van der Waals surface area contributed by atoms with E-state index in [0.29, 0.717) is 22.0 Å². The molecule has 0 fully saturated rings. The lowest BCUT2D eigenvalue weighted by atomic mass is 10.1. The SMILES string of the molecule is CCCC(C(=O)OC)N1C(=S)c2ccc(O)cc2C1=S. The number of phenolic OH excluding ortho intramolecular Hbond substituents is 1. The number of phenols is 1. The van der Waals surface area contributed by atoms with E-state index in [1.165, 1.54) is 7.11 Å². The van der Waals surface area contributed by atoms with Gasteiger partial charge in [-0.15, -0.1) is 0 Å². The number of carbonyl (C=O) groups is 1. The lowest BCUT2D eigenvalue weighted by Crippen LogP contribution is -2.44. The van der Waals surface area contributed by atoms with Crippen LogP contribution in [-0.4, -0.2) is 39.1 Å². The third-order valence-electron chi connectivity index (χ3n) is 3.25. The molecular weight excluding hydrogens is 294 g/mol. The maximum absolute atomic E-state index is 12.0. The normalized spacial score (nSPS) is 15.2. The first-order valence-corrected chi connectivity index (χ1v) is 7.11. The number of rotatable bonds is 4. The Hall–Kier alpha value is -1.53. The Morgan fingerprint density at radius 2 is 2.00 bits per heavy atom. The average Bonchev–Trinajstić information content (AvgIpc) is 2.67. The molecule has 20 heavy (non-hydrogen) atoms. The minimum atomic E-state index is -0.514. The van der Waals surface area contributed by atoms with Crippen LogP contribution in [0.25, 0.3) is 0 Å². The van der Waals surface area contributed by atoms with Crippen LogP contribution in [0.1, 0.15) is 30.9 Å². The molecule has 0 radical (unpaired) electrons. The molecule has 0 bridgehead atoms. The zero-order chi connectivity index (χ0) is 14.9. The van der Waals surface area contributed by atoms with Gasteiger partial charge in [-0.05, 0) is 24.6 Å². The van der Waals surface area contributed by atoms with Crippen molar-refractivity contribution in [3.8, 4) is 5.75 Å². The topological polar surface area (TPSA) is 49.8 Å². The number of ether oxygens (including phenoxy) is 1. The molecule has 0 amide bonds. The second kappa shape index (κ2) is 5.85. The van der Waals surface area contributed by atoms with Crippen molar-refractivity contribution < 1.29 is 14.6 Å². The van der Waals surface area contributed by atoms with Crippen LogP contribution in [-0.2, 0) is 9.53 Å². The Morgan fingerprint density at radius 1 is 1.35 bits per heavy atom. The first-order chi connectivity index (χ1) is 9.51. The molecule has 1 aliphatic rings. The van der Waals surface area contributed by atoms with Gasteiger partial charge in [0.15, 0.2) is 0 Å². The minimum Gasteiger partial charge on any atom is -0.508 e. The third-order valence-corrected chi connectivity index (χ3v) is 4.08. The number of hydrogen-bond donors (Lipinski definition) is 1. The Labute approximate surface area is 128 Å². The average molecular weight is 309 g/mol. The van der Waals surface area contributed by atoms with Crippen LogP contribution in [0.4, 0.5) is 0 Å². The third kappa shape index (κ3) is 2.41. The molecule has 106 valence electrons. The number of esters is 1. The summed E-state index contributed by atoms with van der Waals surface area (Å²) in [5.41, 5.74) is 1.46. The summed E-state index contributed by atoms with van der Waals surface area (Å²) in [6.07, 6.45) is 1.41. The van der Waals surface area contributed by atoms with Crippen molar-refractivity contribution in [2.45, 2.75) is 25.8 Å². The van der Waals surface area contributed by atoms with Gasteiger partial charge in [0.05, 0.1) is 7.11 Å². The molecule has 1 N–H and O–H groups in total. The number of aromatic hydroxyl groups is 1. The van der Waals surface area contributed by atoms with E-state index in [1.807, 2.05) is 6.92 Å². The predicted octanol–water partition coefficient (Wildman–Crippen LogP) is 2.40. The van der Waals surface area contributed by atoms with Crippen molar-refractivity contribution in [1.29, 1.82) is 0 Å². The second-order valence-corrected chi connectivity index (χ2v) is 5.31. The molecular formula is C14H15NO3S2. The van der Waals surface area contributed by atoms with Gasteiger partial charge >= 0.3 is 5.97 Å². The molecule has 4 nitrogen and oxygen atoms in total. The highest BCUT2D eigenvalue weighted by atomic mass is 32.1. The molecule has 1 unspecified atom stereocenters. The molecule has 0 spiro atoms. The number of nitrogens with zero attached hydrogens (tertiary/aromatic N) is 1. The van der Waals surface area contributed by atoms with E-state index in [-0.39, 0.29) is 11.7 Å². The number of methoxy groups -OCH3 is 1. The van der Waals surface area contributed by atoms with Crippen LogP contribution in [0.2, 0.25) is 0 Å². The summed E-state index contributed by atoms with van der Waals surface area (Å²) in [6.45, 7) is 1.98. The Morgan fingerprint density at radius 3 is 2.60 bits per heavy atom. The summed E-state index contributed by atoms with van der Waals surface area (Å²) in [4.78, 5) is 14.6. The first kappa shape index (κ1) is 14.9. The van der Waals surface area contributed by atoms with Crippen LogP contribution >= 0.6 is 24.4 Å². The number of carbonyl (C=O) groups excluding carboxylic acids is 1. The maximum Gasteiger partial charge on any atom is 0.328 e. The zero-order valence-corrected chi connectivity index (χ0v) is 12.9. The van der Waals surface area contributed by atoms with Gasteiger partial charge in [0, 0.05) is 11.1 Å². The zero-order valence-electron chi connectivity index (χ0n) is 11.3. The molecule has 1 aliphatic heterocycles. The van der Waals surface area contributed by atoms with Crippen molar-refractivity contribution >= 4 is 40.4 Å². The van der Waals surface area contributed by atoms with Crippen LogP contribution in [0.3, 0.4) is 0 Å². The van der Waals surface area contributed by atoms with Gasteiger partial charge < -0.3 is 14.7 Å². The largest absolute Gasteiger partial charge is 0.508 e. The van der Waals surface area contributed by atoms with Gasteiger partial charge in [-0.1, -0.05) is 37.8 Å². The van der Waals surface area contributed by atoms with E-state index in [0.717, 1.165) is 12.0 Å². The van der Waals surface area contributed by atoms with Crippen molar-refractivity contribution in [3.63, 3.8) is 0 Å². The van der Waals surface area contributed by atoms with E-state index in [1.54, 1.807) is 23.1 Å². The highest BCUT2D eigenvalue weighted by molar-refractivity contribution is 7.82. The van der Waals surface area contributed by atoms with Gasteiger partial charge in [-0.3, -0.25) is 0 Å². The fourth-order valence-electron chi connectivity index (χ4n) is 2.29. The van der Waals surface area contributed by atoms with Crippen molar-refractivity contribution in [2.24, 2.45) is 0 Å². The fourth-order valence-corrected chi connectivity index (χ4v) is 3.13. The molecule has 1 aromatic carbocycles. The summed E-state index contributed by atoms with van der Waals surface area (Å²) in [6, 6.07) is 4.34. The van der Waals surface area contributed by atoms with Crippen LogP contribution < -0.4 is 0 Å². The standard InChI is InChI=1S/C14H15NO3S2/c1-3-4-11(14(17)18-2)15-12(19)9-6-5-8(16)7-10(9)13(15)20/h5-7,11,16H,3-4H2,1-2H3. The van der Waals surface area contributed by atoms with Crippen molar-refractivity contribution in [3.05, 3.63) is 29.3 Å². The highest BCUT2D eigenvalue weighted by Gasteiger charge is 2.38. The van der Waals surface area contributed by atoms with E-state index < -0.39 is 6.04 Å². The Bertz CT molecular complexity index is 586. The summed E-state index contributed by atoms with van der Waals surface area (Å²) in [7, 11) is 1.35. The van der Waals surface area contributed by atoms with E-state index in [2.05, 4.69) is 0 Å².